The molecule has 0 fully saturated rings. The summed E-state index contributed by atoms with van der Waals surface area (Å²) in [5, 5.41) is 3.13. The van der Waals surface area contributed by atoms with Crippen LogP contribution in [0.1, 0.15) is 17.3 Å². The van der Waals surface area contributed by atoms with Crippen molar-refractivity contribution < 1.29 is 4.39 Å². The average Bonchev–Trinajstić information content (AvgIpc) is 2.41. The van der Waals surface area contributed by atoms with E-state index in [1.54, 1.807) is 25.4 Å². The Labute approximate surface area is 146 Å². The lowest BCUT2D eigenvalue weighted by atomic mass is 10.0. The fourth-order valence-corrected chi connectivity index (χ4v) is 3.54. The third kappa shape index (κ3) is 3.25. The Morgan fingerprint density at radius 2 is 1.95 bits per heavy atom. The predicted molar refractivity (Wildman–Crippen MR) is 89.6 cm³/mol. The van der Waals surface area contributed by atoms with Crippen LogP contribution in [-0.4, -0.2) is 12.0 Å². The zero-order chi connectivity index (χ0) is 14.9. The van der Waals surface area contributed by atoms with E-state index in [1.807, 2.05) is 6.07 Å². The van der Waals surface area contributed by atoms with E-state index in [1.165, 1.54) is 0 Å². The van der Waals surface area contributed by atoms with E-state index in [9.17, 15) is 4.39 Å². The molecule has 1 aromatic carbocycles. The zero-order valence-corrected chi connectivity index (χ0v) is 15.7. The normalized spacial score (nSPS) is 12.5. The Bertz CT molecular complexity index is 652. The Morgan fingerprint density at radius 3 is 2.55 bits per heavy atom. The first-order valence-electron chi connectivity index (χ1n) is 5.57. The minimum atomic E-state index is -0.461. The van der Waals surface area contributed by atoms with Gasteiger partial charge in [0.2, 0.25) is 0 Å². The number of hydrogen-bond donors (Lipinski definition) is 1. The minimum Gasteiger partial charge on any atom is -0.308 e. The van der Waals surface area contributed by atoms with Crippen molar-refractivity contribution in [3.63, 3.8) is 0 Å². The van der Waals surface area contributed by atoms with E-state index in [4.69, 9.17) is 11.6 Å². The number of halogens is 5. The van der Waals surface area contributed by atoms with Crippen LogP contribution >= 0.6 is 59.4 Å². The molecule has 0 saturated heterocycles. The first-order chi connectivity index (χ1) is 9.45. The standard InChI is InChI=1S/C13H9Br3ClFN2/c1-19-12(13-9(16)4-6(14)5-20-13)7-2-3-8(15)10(17)11(7)18/h2-5,12,19H,1H3. The summed E-state index contributed by atoms with van der Waals surface area (Å²) in [5.41, 5.74) is 1.13. The van der Waals surface area contributed by atoms with Crippen LogP contribution in [0.25, 0.3) is 0 Å². The zero-order valence-electron chi connectivity index (χ0n) is 10.2. The molecular weight excluding hydrogens is 478 g/mol. The number of aromatic nitrogens is 1. The number of rotatable bonds is 3. The van der Waals surface area contributed by atoms with E-state index in [0.717, 1.165) is 8.95 Å². The highest BCUT2D eigenvalue weighted by Crippen LogP contribution is 2.34. The number of pyridine rings is 1. The SMILES string of the molecule is CNC(c1ccc(Br)c(Cl)c1F)c1ncc(Br)cc1Br. The summed E-state index contributed by atoms with van der Waals surface area (Å²) >= 11 is 15.9. The molecule has 0 aliphatic carbocycles. The molecule has 0 aliphatic heterocycles. The van der Waals surface area contributed by atoms with Crippen molar-refractivity contribution in [2.24, 2.45) is 0 Å². The van der Waals surface area contributed by atoms with E-state index in [2.05, 4.69) is 58.1 Å². The number of nitrogens with zero attached hydrogens (tertiary/aromatic N) is 1. The monoisotopic (exact) mass is 484 g/mol. The molecule has 0 aliphatic rings. The van der Waals surface area contributed by atoms with E-state index in [-0.39, 0.29) is 5.02 Å². The van der Waals surface area contributed by atoms with Gasteiger partial charge >= 0.3 is 0 Å². The number of hydrogen-bond acceptors (Lipinski definition) is 2. The van der Waals surface area contributed by atoms with Gasteiger partial charge in [0.25, 0.3) is 0 Å². The predicted octanol–water partition coefficient (Wildman–Crippen LogP) is 5.47. The van der Waals surface area contributed by atoms with E-state index >= 15 is 0 Å². The molecule has 2 aromatic rings. The fraction of sp³-hybridized carbons (Fsp3) is 0.154. The first kappa shape index (κ1) is 16.4. The molecule has 1 atom stereocenters. The molecule has 0 bridgehead atoms. The van der Waals surface area contributed by atoms with Crippen molar-refractivity contribution in [3.8, 4) is 0 Å². The smallest absolute Gasteiger partial charge is 0.148 e. The Balaban J connectivity index is 2.55. The minimum absolute atomic E-state index is 0.0657. The molecule has 0 saturated carbocycles. The largest absolute Gasteiger partial charge is 0.308 e. The van der Waals surface area contributed by atoms with Crippen molar-refractivity contribution in [3.05, 3.63) is 59.9 Å². The Hall–Kier alpha value is -0.0100. The topological polar surface area (TPSA) is 24.9 Å². The second kappa shape index (κ2) is 6.83. The molecule has 106 valence electrons. The maximum Gasteiger partial charge on any atom is 0.148 e. The lowest BCUT2D eigenvalue weighted by molar-refractivity contribution is 0.569. The average molecular weight is 487 g/mol. The highest BCUT2D eigenvalue weighted by Gasteiger charge is 2.22. The highest BCUT2D eigenvalue weighted by atomic mass is 79.9. The van der Waals surface area contributed by atoms with Gasteiger partial charge in [-0.1, -0.05) is 17.7 Å². The van der Waals surface area contributed by atoms with Gasteiger partial charge in [-0.05, 0) is 67.0 Å². The van der Waals surface area contributed by atoms with Gasteiger partial charge < -0.3 is 5.32 Å². The van der Waals surface area contributed by atoms with Gasteiger partial charge in [0, 0.05) is 25.2 Å². The van der Waals surface area contributed by atoms with Gasteiger partial charge in [-0.2, -0.15) is 0 Å². The summed E-state index contributed by atoms with van der Waals surface area (Å²) in [5.74, 6) is -0.461. The van der Waals surface area contributed by atoms with Gasteiger partial charge in [0.05, 0.1) is 16.8 Å². The third-order valence-electron chi connectivity index (χ3n) is 2.77. The summed E-state index contributed by atoms with van der Waals surface area (Å²) in [6.07, 6.45) is 1.67. The first-order valence-corrected chi connectivity index (χ1v) is 8.33. The Kier molecular flexibility index (Phi) is 5.59. The van der Waals surface area contributed by atoms with Crippen LogP contribution in [0, 0.1) is 5.82 Å². The molecule has 0 amide bonds. The van der Waals surface area contributed by atoms with Crippen LogP contribution in [0.3, 0.4) is 0 Å². The van der Waals surface area contributed by atoms with Gasteiger partial charge in [-0.25, -0.2) is 4.39 Å². The van der Waals surface area contributed by atoms with E-state index in [0.29, 0.717) is 15.7 Å². The van der Waals surface area contributed by atoms with Crippen molar-refractivity contribution in [2.45, 2.75) is 6.04 Å². The van der Waals surface area contributed by atoms with Crippen LogP contribution in [0.2, 0.25) is 5.02 Å². The van der Waals surface area contributed by atoms with Gasteiger partial charge in [0.15, 0.2) is 0 Å². The van der Waals surface area contributed by atoms with Crippen molar-refractivity contribution in [2.75, 3.05) is 7.05 Å². The maximum atomic E-state index is 14.3. The molecular formula is C13H9Br3ClFN2. The van der Waals surface area contributed by atoms with Crippen LogP contribution in [0.4, 0.5) is 4.39 Å². The maximum absolute atomic E-state index is 14.3. The number of nitrogens with one attached hydrogen (secondary N) is 1. The Morgan fingerprint density at radius 1 is 1.25 bits per heavy atom. The lowest BCUT2D eigenvalue weighted by Crippen LogP contribution is -2.20. The van der Waals surface area contributed by atoms with Gasteiger partial charge in [-0.15, -0.1) is 0 Å². The van der Waals surface area contributed by atoms with Crippen molar-refractivity contribution in [1.82, 2.24) is 10.3 Å². The summed E-state index contributed by atoms with van der Waals surface area (Å²) in [6.45, 7) is 0. The summed E-state index contributed by atoms with van der Waals surface area (Å²) in [4.78, 5) is 4.34. The second-order valence-corrected chi connectivity index (χ2v) is 7.01. The van der Waals surface area contributed by atoms with Gasteiger partial charge in [0.1, 0.15) is 5.82 Å². The van der Waals surface area contributed by atoms with Crippen LogP contribution in [0.5, 0.6) is 0 Å². The summed E-state index contributed by atoms with van der Waals surface area (Å²) < 4.78 is 16.5. The van der Waals surface area contributed by atoms with Crippen molar-refractivity contribution >= 4 is 59.4 Å². The number of benzene rings is 1. The molecule has 1 N–H and O–H groups in total. The second-order valence-electron chi connectivity index (χ2n) is 4.01. The summed E-state index contributed by atoms with van der Waals surface area (Å²) in [7, 11) is 1.75. The lowest BCUT2D eigenvalue weighted by Gasteiger charge is -2.19. The molecule has 0 radical (unpaired) electrons. The molecule has 1 aromatic heterocycles. The van der Waals surface area contributed by atoms with Crippen LogP contribution in [-0.2, 0) is 0 Å². The quantitative estimate of drug-likeness (QED) is 0.581. The van der Waals surface area contributed by atoms with Gasteiger partial charge in [-0.3, -0.25) is 4.98 Å². The fourth-order valence-electron chi connectivity index (χ4n) is 1.84. The highest BCUT2D eigenvalue weighted by molar-refractivity contribution is 9.11. The molecule has 2 rings (SSSR count). The molecule has 20 heavy (non-hydrogen) atoms. The summed E-state index contributed by atoms with van der Waals surface area (Å²) in [6, 6.07) is 4.87. The molecule has 1 unspecified atom stereocenters. The molecule has 0 spiro atoms. The third-order valence-corrected chi connectivity index (χ3v) is 5.10. The molecule has 7 heteroatoms. The molecule has 2 nitrogen and oxygen atoms in total. The van der Waals surface area contributed by atoms with Crippen LogP contribution < -0.4 is 5.32 Å². The van der Waals surface area contributed by atoms with Crippen LogP contribution in [0.15, 0.2) is 37.8 Å². The van der Waals surface area contributed by atoms with E-state index < -0.39 is 11.9 Å². The van der Waals surface area contributed by atoms with Crippen molar-refractivity contribution in [1.29, 1.82) is 0 Å². The molecule has 1 heterocycles.